The molecule has 0 atom stereocenters. The molecule has 0 fully saturated rings. The van der Waals surface area contributed by atoms with Gasteiger partial charge < -0.3 is 10.1 Å². The van der Waals surface area contributed by atoms with Crippen molar-refractivity contribution in [2.24, 2.45) is 0 Å². The van der Waals surface area contributed by atoms with Gasteiger partial charge in [-0.3, -0.25) is 24.3 Å². The molecule has 194 valence electrons. The number of aromatic nitrogens is 2. The number of anilines is 2. The first-order valence-corrected chi connectivity index (χ1v) is 11.2. The molecule has 1 heterocycles. The Morgan fingerprint density at radius 3 is 2.50 bits per heavy atom. The lowest BCUT2D eigenvalue weighted by Gasteiger charge is -2.13. The largest absolute Gasteiger partial charge is 0.461 e. The number of hydrogen-bond donors (Lipinski definition) is 2. The summed E-state index contributed by atoms with van der Waals surface area (Å²) in [6.45, 7) is 4.72. The quantitative estimate of drug-likeness (QED) is 0.247. The van der Waals surface area contributed by atoms with Gasteiger partial charge in [-0.25, -0.2) is 4.98 Å². The van der Waals surface area contributed by atoms with Crippen LogP contribution in [0.1, 0.15) is 28.4 Å². The highest BCUT2D eigenvalue weighted by Crippen LogP contribution is 2.31. The van der Waals surface area contributed by atoms with Crippen molar-refractivity contribution in [2.45, 2.75) is 19.7 Å². The van der Waals surface area contributed by atoms with Gasteiger partial charge in [-0.1, -0.05) is 24.8 Å². The van der Waals surface area contributed by atoms with Crippen LogP contribution in [-0.2, 0) is 27.1 Å². The molecule has 0 saturated heterocycles. The van der Waals surface area contributed by atoms with Crippen LogP contribution in [0, 0.1) is 0 Å². The summed E-state index contributed by atoms with van der Waals surface area (Å²) >= 11 is 0. The van der Waals surface area contributed by atoms with E-state index >= 15 is 0 Å². The van der Waals surface area contributed by atoms with Crippen molar-refractivity contribution in [3.63, 3.8) is 0 Å². The molecular formula is C27H21F3N4O4. The van der Waals surface area contributed by atoms with Crippen molar-refractivity contribution >= 4 is 40.5 Å². The summed E-state index contributed by atoms with van der Waals surface area (Å²) in [5.74, 6) is -1.66. The van der Waals surface area contributed by atoms with E-state index in [2.05, 4.69) is 22.2 Å². The Labute approximate surface area is 214 Å². The minimum absolute atomic E-state index is 0.00707. The van der Waals surface area contributed by atoms with Crippen molar-refractivity contribution in [3.05, 3.63) is 96.1 Å². The molecule has 0 spiro atoms. The number of esters is 1. The van der Waals surface area contributed by atoms with E-state index < -0.39 is 29.5 Å². The van der Waals surface area contributed by atoms with Crippen molar-refractivity contribution in [1.29, 1.82) is 0 Å². The Morgan fingerprint density at radius 2 is 1.79 bits per heavy atom. The number of nitrogens with zero attached hydrogens (tertiary/aromatic N) is 2. The van der Waals surface area contributed by atoms with Gasteiger partial charge in [0.25, 0.3) is 5.91 Å². The van der Waals surface area contributed by atoms with Crippen molar-refractivity contribution in [2.75, 3.05) is 10.6 Å². The summed E-state index contributed by atoms with van der Waals surface area (Å²) in [6, 6.07) is 15.8. The topological polar surface area (TPSA) is 102 Å². The van der Waals surface area contributed by atoms with Crippen LogP contribution in [0.4, 0.5) is 24.8 Å². The average Bonchev–Trinajstić information content (AvgIpc) is 3.24. The van der Waals surface area contributed by atoms with Gasteiger partial charge in [-0.15, -0.1) is 0 Å². The molecular weight excluding hydrogens is 501 g/mol. The number of halogens is 3. The van der Waals surface area contributed by atoms with E-state index in [0.29, 0.717) is 28.0 Å². The smallest absolute Gasteiger partial charge is 0.416 e. The highest BCUT2D eigenvalue weighted by molar-refractivity contribution is 6.04. The Morgan fingerprint density at radius 1 is 1.03 bits per heavy atom. The van der Waals surface area contributed by atoms with Gasteiger partial charge in [-0.05, 0) is 60.2 Å². The lowest BCUT2D eigenvalue weighted by molar-refractivity contribution is -0.142. The molecule has 0 saturated carbocycles. The number of imidazole rings is 1. The molecule has 0 aliphatic heterocycles. The molecule has 1 aromatic heterocycles. The standard InChI is InChI=1S/C27H21F3N4O4/c1-3-24(36)31-20-8-5-9-21(14-20)34-23-11-10-17(15-38-16(2)35)12-22(23)32-26(34)33-25(37)18-6-4-7-19(13-18)27(28,29)30/h3-14H,1,15H2,2H3,(H,31,36)(H,32,33,37). The number of amides is 2. The third kappa shape index (κ3) is 5.89. The first kappa shape index (κ1) is 26.1. The highest BCUT2D eigenvalue weighted by Gasteiger charge is 2.31. The van der Waals surface area contributed by atoms with Crippen LogP contribution in [0.15, 0.2) is 79.4 Å². The molecule has 0 aliphatic rings. The first-order valence-electron chi connectivity index (χ1n) is 11.2. The van der Waals surface area contributed by atoms with E-state index in [1.807, 2.05) is 0 Å². The van der Waals surface area contributed by atoms with Gasteiger partial charge in [0.1, 0.15) is 6.61 Å². The predicted molar refractivity (Wildman–Crippen MR) is 135 cm³/mol. The molecule has 0 aliphatic carbocycles. The van der Waals surface area contributed by atoms with Gasteiger partial charge in [-0.2, -0.15) is 13.2 Å². The van der Waals surface area contributed by atoms with Crippen LogP contribution < -0.4 is 10.6 Å². The summed E-state index contributed by atoms with van der Waals surface area (Å²) in [5, 5.41) is 5.24. The van der Waals surface area contributed by atoms with Crippen LogP contribution in [0.3, 0.4) is 0 Å². The molecule has 8 nitrogen and oxygen atoms in total. The Bertz CT molecular complexity index is 1560. The maximum Gasteiger partial charge on any atom is 0.416 e. The average molecular weight is 522 g/mol. The Balaban J connectivity index is 1.78. The zero-order valence-corrected chi connectivity index (χ0v) is 20.0. The molecule has 2 N–H and O–H groups in total. The molecule has 0 radical (unpaired) electrons. The Kier molecular flexibility index (Phi) is 7.28. The number of carbonyl (C=O) groups is 3. The lowest BCUT2D eigenvalue weighted by Crippen LogP contribution is -2.17. The second kappa shape index (κ2) is 10.6. The number of ether oxygens (including phenoxy) is 1. The van der Waals surface area contributed by atoms with Crippen molar-refractivity contribution in [1.82, 2.24) is 9.55 Å². The van der Waals surface area contributed by atoms with Crippen LogP contribution in [-0.4, -0.2) is 27.3 Å². The zero-order chi connectivity index (χ0) is 27.4. The van der Waals surface area contributed by atoms with Gasteiger partial charge in [0.05, 0.1) is 22.3 Å². The van der Waals surface area contributed by atoms with Gasteiger partial charge in [0.2, 0.25) is 11.9 Å². The van der Waals surface area contributed by atoms with E-state index in [0.717, 1.165) is 24.3 Å². The fourth-order valence-electron chi connectivity index (χ4n) is 3.67. The molecule has 4 aromatic rings. The van der Waals surface area contributed by atoms with Gasteiger partial charge >= 0.3 is 12.1 Å². The number of fused-ring (bicyclic) bond motifs is 1. The molecule has 0 unspecified atom stereocenters. The van der Waals surface area contributed by atoms with Crippen LogP contribution in [0.25, 0.3) is 16.7 Å². The second-order valence-electron chi connectivity index (χ2n) is 8.15. The molecule has 4 rings (SSSR count). The third-order valence-corrected chi connectivity index (χ3v) is 5.40. The summed E-state index contributed by atoms with van der Waals surface area (Å²) in [5.41, 5.74) is 1.38. The van der Waals surface area contributed by atoms with E-state index in [1.165, 1.54) is 13.0 Å². The normalized spacial score (nSPS) is 11.2. The number of hydrogen-bond acceptors (Lipinski definition) is 5. The fraction of sp³-hybridized carbons (Fsp3) is 0.111. The van der Waals surface area contributed by atoms with Gasteiger partial charge in [0, 0.05) is 18.2 Å². The van der Waals surface area contributed by atoms with E-state index in [1.54, 1.807) is 47.0 Å². The number of alkyl halides is 3. The molecule has 38 heavy (non-hydrogen) atoms. The maximum absolute atomic E-state index is 13.2. The fourth-order valence-corrected chi connectivity index (χ4v) is 3.67. The molecule has 3 aromatic carbocycles. The lowest BCUT2D eigenvalue weighted by atomic mass is 10.1. The second-order valence-corrected chi connectivity index (χ2v) is 8.15. The summed E-state index contributed by atoms with van der Waals surface area (Å²) in [4.78, 5) is 40.5. The highest BCUT2D eigenvalue weighted by atomic mass is 19.4. The summed E-state index contributed by atoms with van der Waals surface area (Å²) < 4.78 is 46.1. The number of rotatable bonds is 7. The monoisotopic (exact) mass is 522 g/mol. The van der Waals surface area contributed by atoms with E-state index in [4.69, 9.17) is 4.74 Å². The third-order valence-electron chi connectivity index (χ3n) is 5.40. The first-order chi connectivity index (χ1) is 18.0. The summed E-state index contributed by atoms with van der Waals surface area (Å²) in [7, 11) is 0. The van der Waals surface area contributed by atoms with E-state index in [-0.39, 0.29) is 18.1 Å². The summed E-state index contributed by atoms with van der Waals surface area (Å²) in [6.07, 6.45) is -3.50. The number of benzene rings is 3. The zero-order valence-electron chi connectivity index (χ0n) is 20.0. The minimum atomic E-state index is -4.61. The van der Waals surface area contributed by atoms with Crippen LogP contribution >= 0.6 is 0 Å². The number of nitrogens with one attached hydrogen (secondary N) is 2. The van der Waals surface area contributed by atoms with E-state index in [9.17, 15) is 27.6 Å². The maximum atomic E-state index is 13.2. The van der Waals surface area contributed by atoms with Gasteiger partial charge in [0.15, 0.2) is 0 Å². The van der Waals surface area contributed by atoms with Crippen LogP contribution in [0.2, 0.25) is 0 Å². The number of carbonyl (C=O) groups excluding carboxylic acids is 3. The minimum Gasteiger partial charge on any atom is -0.461 e. The molecule has 11 heteroatoms. The van der Waals surface area contributed by atoms with Crippen molar-refractivity contribution < 1.29 is 32.3 Å². The molecule has 0 bridgehead atoms. The molecule has 2 amide bonds. The van der Waals surface area contributed by atoms with Crippen LogP contribution in [0.5, 0.6) is 0 Å². The Hall–Kier alpha value is -4.93. The SMILES string of the molecule is C=CC(=O)Nc1cccc(-n2c(NC(=O)c3cccc(C(F)(F)F)c3)nc3cc(COC(C)=O)ccc32)c1. The predicted octanol–water partition coefficient (Wildman–Crippen LogP) is 5.48. The van der Waals surface area contributed by atoms with Crippen molar-refractivity contribution in [3.8, 4) is 5.69 Å².